The van der Waals surface area contributed by atoms with Gasteiger partial charge in [-0.3, -0.25) is 9.69 Å². The van der Waals surface area contributed by atoms with Gasteiger partial charge in [0.05, 0.1) is 7.11 Å². The number of amides is 1. The molecule has 0 bridgehead atoms. The number of methoxy groups -OCH3 is 1. The Bertz CT molecular complexity index is 941. The van der Waals surface area contributed by atoms with Gasteiger partial charge in [-0.05, 0) is 54.8 Å². The summed E-state index contributed by atoms with van der Waals surface area (Å²) >= 11 is 0. The Labute approximate surface area is 191 Å². The lowest BCUT2D eigenvalue weighted by atomic mass is 9.94. The summed E-state index contributed by atoms with van der Waals surface area (Å²) in [5, 5.41) is 0. The molecule has 4 heteroatoms. The van der Waals surface area contributed by atoms with Gasteiger partial charge in [0.2, 0.25) is 5.91 Å². The van der Waals surface area contributed by atoms with Crippen LogP contribution in [0.25, 0.3) is 0 Å². The highest BCUT2D eigenvalue weighted by Gasteiger charge is 2.28. The van der Waals surface area contributed by atoms with Crippen LogP contribution < -0.4 is 4.74 Å². The fraction of sp³-hybridized carbons (Fsp3) is 0.321. The van der Waals surface area contributed by atoms with Crippen LogP contribution >= 0.6 is 0 Å². The van der Waals surface area contributed by atoms with Gasteiger partial charge in [-0.1, -0.05) is 72.8 Å². The quantitative estimate of drug-likeness (QED) is 0.498. The van der Waals surface area contributed by atoms with E-state index in [-0.39, 0.29) is 11.8 Å². The molecule has 1 aliphatic rings. The van der Waals surface area contributed by atoms with Crippen molar-refractivity contribution < 1.29 is 9.53 Å². The molecular weight excluding hydrogens is 396 g/mol. The lowest BCUT2D eigenvalue weighted by Gasteiger charge is -2.34. The molecular formula is C28H32N2O2. The van der Waals surface area contributed by atoms with Crippen molar-refractivity contribution in [1.29, 1.82) is 0 Å². The van der Waals surface area contributed by atoms with Gasteiger partial charge < -0.3 is 9.64 Å². The van der Waals surface area contributed by atoms with E-state index in [1.807, 2.05) is 53.4 Å². The van der Waals surface area contributed by atoms with Crippen LogP contribution in [0.2, 0.25) is 0 Å². The van der Waals surface area contributed by atoms with E-state index in [4.69, 9.17) is 4.74 Å². The molecule has 3 aromatic rings. The van der Waals surface area contributed by atoms with Gasteiger partial charge in [0.1, 0.15) is 5.75 Å². The second-order valence-corrected chi connectivity index (χ2v) is 8.57. The highest BCUT2D eigenvalue weighted by atomic mass is 16.5. The second kappa shape index (κ2) is 11.0. The Morgan fingerprint density at radius 2 is 1.41 bits per heavy atom. The summed E-state index contributed by atoms with van der Waals surface area (Å²) in [6, 6.07) is 28.8. The molecule has 0 aromatic heterocycles. The molecule has 0 saturated carbocycles. The molecule has 0 unspecified atom stereocenters. The maximum absolute atomic E-state index is 13.5. The van der Waals surface area contributed by atoms with Crippen LogP contribution in [0.3, 0.4) is 0 Å². The lowest BCUT2D eigenvalue weighted by molar-refractivity contribution is -0.138. The number of carbonyl (C=O) groups is 1. The van der Waals surface area contributed by atoms with Crippen LogP contribution in [0.5, 0.6) is 5.75 Å². The monoisotopic (exact) mass is 428 g/mol. The fourth-order valence-corrected chi connectivity index (χ4v) is 4.44. The summed E-state index contributed by atoms with van der Waals surface area (Å²) in [5.74, 6) is 1.26. The van der Waals surface area contributed by atoms with Gasteiger partial charge in [-0.2, -0.15) is 0 Å². The SMILES string of the molecule is COc1cccc(CN2CCC(C(=O)N(Cc3ccccc3)Cc3ccccc3)CC2)c1. The van der Waals surface area contributed by atoms with Crippen molar-refractivity contribution in [1.82, 2.24) is 9.80 Å². The molecule has 0 spiro atoms. The summed E-state index contributed by atoms with van der Waals surface area (Å²) in [6.45, 7) is 4.09. The number of carbonyl (C=O) groups excluding carboxylic acids is 1. The summed E-state index contributed by atoms with van der Waals surface area (Å²) in [7, 11) is 1.70. The maximum Gasteiger partial charge on any atom is 0.226 e. The van der Waals surface area contributed by atoms with Crippen LogP contribution in [-0.4, -0.2) is 35.9 Å². The highest BCUT2D eigenvalue weighted by Crippen LogP contribution is 2.24. The van der Waals surface area contributed by atoms with Crippen LogP contribution in [-0.2, 0) is 24.4 Å². The zero-order valence-corrected chi connectivity index (χ0v) is 18.8. The Hall–Kier alpha value is -3.11. The number of piperidine rings is 1. The molecule has 0 atom stereocenters. The zero-order chi connectivity index (χ0) is 22.2. The van der Waals surface area contributed by atoms with Crippen molar-refractivity contribution >= 4 is 5.91 Å². The first-order chi connectivity index (χ1) is 15.7. The molecule has 32 heavy (non-hydrogen) atoms. The van der Waals surface area contributed by atoms with Crippen molar-refractivity contribution in [3.63, 3.8) is 0 Å². The molecule has 0 N–H and O–H groups in total. The van der Waals surface area contributed by atoms with Gasteiger partial charge >= 0.3 is 0 Å². The first-order valence-corrected chi connectivity index (χ1v) is 11.4. The number of hydrogen-bond donors (Lipinski definition) is 0. The predicted octanol–water partition coefficient (Wildman–Crippen LogP) is 5.14. The van der Waals surface area contributed by atoms with E-state index in [9.17, 15) is 4.79 Å². The number of rotatable bonds is 8. The third-order valence-electron chi connectivity index (χ3n) is 6.22. The van der Waals surface area contributed by atoms with Gasteiger partial charge in [0, 0.05) is 25.6 Å². The number of ether oxygens (including phenoxy) is 1. The number of hydrogen-bond acceptors (Lipinski definition) is 3. The molecule has 1 heterocycles. The van der Waals surface area contributed by atoms with Gasteiger partial charge in [0.25, 0.3) is 0 Å². The Morgan fingerprint density at radius 1 is 0.844 bits per heavy atom. The fourth-order valence-electron chi connectivity index (χ4n) is 4.44. The van der Waals surface area contributed by atoms with Crippen molar-refractivity contribution in [3.8, 4) is 5.75 Å². The number of benzene rings is 3. The van der Waals surface area contributed by atoms with Crippen molar-refractivity contribution in [2.24, 2.45) is 5.92 Å². The Morgan fingerprint density at radius 3 is 1.97 bits per heavy atom. The van der Waals surface area contributed by atoms with E-state index >= 15 is 0 Å². The molecule has 0 radical (unpaired) electrons. The molecule has 166 valence electrons. The second-order valence-electron chi connectivity index (χ2n) is 8.57. The Kier molecular flexibility index (Phi) is 7.57. The molecule has 1 aliphatic heterocycles. The summed E-state index contributed by atoms with van der Waals surface area (Å²) < 4.78 is 5.35. The zero-order valence-electron chi connectivity index (χ0n) is 18.8. The summed E-state index contributed by atoms with van der Waals surface area (Å²) in [6.07, 6.45) is 1.81. The van der Waals surface area contributed by atoms with Gasteiger partial charge in [-0.15, -0.1) is 0 Å². The third kappa shape index (κ3) is 5.98. The predicted molar refractivity (Wildman–Crippen MR) is 128 cm³/mol. The standard InChI is InChI=1S/C28H32N2O2/c1-32-27-14-8-13-25(19-27)20-29-17-15-26(16-18-29)28(31)30(21-23-9-4-2-5-10-23)22-24-11-6-3-7-12-24/h2-14,19,26H,15-18,20-22H2,1H3. The average Bonchev–Trinajstić information content (AvgIpc) is 2.85. The molecule has 4 rings (SSSR count). The third-order valence-corrected chi connectivity index (χ3v) is 6.22. The molecule has 4 nitrogen and oxygen atoms in total. The van der Waals surface area contributed by atoms with E-state index < -0.39 is 0 Å². The lowest BCUT2D eigenvalue weighted by Crippen LogP contribution is -2.41. The highest BCUT2D eigenvalue weighted by molar-refractivity contribution is 5.79. The normalized spacial score (nSPS) is 14.8. The van der Waals surface area contributed by atoms with E-state index in [0.29, 0.717) is 13.1 Å². The molecule has 0 aliphatic carbocycles. The smallest absolute Gasteiger partial charge is 0.226 e. The van der Waals surface area contributed by atoms with E-state index in [1.54, 1.807) is 7.11 Å². The van der Waals surface area contributed by atoms with Gasteiger partial charge in [0.15, 0.2) is 0 Å². The van der Waals surface area contributed by atoms with Crippen LogP contribution in [0.4, 0.5) is 0 Å². The molecule has 1 saturated heterocycles. The first kappa shape index (κ1) is 22.1. The molecule has 1 amide bonds. The summed E-state index contributed by atoms with van der Waals surface area (Å²) in [5.41, 5.74) is 3.60. The van der Waals surface area contributed by atoms with Gasteiger partial charge in [-0.25, -0.2) is 0 Å². The first-order valence-electron chi connectivity index (χ1n) is 11.4. The summed E-state index contributed by atoms with van der Waals surface area (Å²) in [4.78, 5) is 18.0. The molecule has 1 fully saturated rings. The number of nitrogens with zero attached hydrogens (tertiary/aromatic N) is 2. The molecule has 3 aromatic carbocycles. The van der Waals surface area contributed by atoms with Crippen LogP contribution in [0, 0.1) is 5.92 Å². The largest absolute Gasteiger partial charge is 0.497 e. The maximum atomic E-state index is 13.5. The minimum Gasteiger partial charge on any atom is -0.497 e. The number of likely N-dealkylation sites (tertiary alicyclic amines) is 1. The van der Waals surface area contributed by atoms with Crippen LogP contribution in [0.1, 0.15) is 29.5 Å². The average molecular weight is 429 g/mol. The minimum absolute atomic E-state index is 0.0870. The Balaban J connectivity index is 1.38. The van der Waals surface area contributed by atoms with Crippen molar-refractivity contribution in [2.45, 2.75) is 32.5 Å². The van der Waals surface area contributed by atoms with Crippen LogP contribution in [0.15, 0.2) is 84.9 Å². The van der Waals surface area contributed by atoms with E-state index in [0.717, 1.165) is 38.2 Å². The topological polar surface area (TPSA) is 32.8 Å². The van der Waals surface area contributed by atoms with Crippen molar-refractivity contribution in [2.75, 3.05) is 20.2 Å². The van der Waals surface area contributed by atoms with E-state index in [1.165, 1.54) is 16.7 Å². The van der Waals surface area contributed by atoms with E-state index in [2.05, 4.69) is 41.3 Å². The minimum atomic E-state index is 0.0870. The van der Waals surface area contributed by atoms with Crippen molar-refractivity contribution in [3.05, 3.63) is 102 Å².